The lowest BCUT2D eigenvalue weighted by molar-refractivity contribution is 0.0592. The van der Waals surface area contributed by atoms with Crippen molar-refractivity contribution in [3.63, 3.8) is 0 Å². The van der Waals surface area contributed by atoms with Gasteiger partial charge in [0.2, 0.25) is 0 Å². The number of aromatic nitrogens is 2. The number of nitrogens with one attached hydrogen (secondary N) is 1. The molecule has 0 bridgehead atoms. The summed E-state index contributed by atoms with van der Waals surface area (Å²) in [6.45, 7) is 1.68. The molecule has 4 aromatic rings. The van der Waals surface area contributed by atoms with E-state index in [0.29, 0.717) is 39.0 Å². The normalized spacial score (nSPS) is 15.5. The predicted octanol–water partition coefficient (Wildman–Crippen LogP) is 4.56. The Morgan fingerprint density at radius 1 is 0.914 bits per heavy atom. The van der Waals surface area contributed by atoms with Gasteiger partial charge in [0.05, 0.1) is 54.3 Å². The number of rotatable bonds is 4. The van der Waals surface area contributed by atoms with Gasteiger partial charge >= 0.3 is 0 Å². The van der Waals surface area contributed by atoms with Crippen molar-refractivity contribution in [3.8, 4) is 17.3 Å². The van der Waals surface area contributed by atoms with Gasteiger partial charge in [-0.1, -0.05) is 36.4 Å². The average Bonchev–Trinajstić information content (AvgIpc) is 3.11. The van der Waals surface area contributed by atoms with Crippen LogP contribution in [-0.4, -0.2) is 37.1 Å². The lowest BCUT2D eigenvalue weighted by Gasteiger charge is -2.24. The number of hydrogen-bond donors (Lipinski definition) is 1. The van der Waals surface area contributed by atoms with Gasteiger partial charge in [-0.3, -0.25) is 14.5 Å². The number of nitrogens with zero attached hydrogens (tertiary/aromatic N) is 4. The quantitative estimate of drug-likeness (QED) is 0.426. The number of hydrogen-bond acceptors (Lipinski definition) is 7. The Kier molecular flexibility index (Phi) is 5.19. The Morgan fingerprint density at radius 2 is 1.51 bits per heavy atom. The number of fused-ring (bicyclic) bond motifs is 2. The van der Waals surface area contributed by atoms with Crippen molar-refractivity contribution in [2.45, 2.75) is 17.9 Å². The minimum atomic E-state index is -3.16. The average molecular weight is 482 g/mol. The Labute approximate surface area is 201 Å². The van der Waals surface area contributed by atoms with Crippen molar-refractivity contribution in [2.75, 3.05) is 6.26 Å². The van der Waals surface area contributed by atoms with Crippen LogP contribution in [0.3, 0.4) is 0 Å². The molecule has 5 rings (SSSR count). The summed E-state index contributed by atoms with van der Waals surface area (Å²) >= 11 is 0. The fraction of sp³-hybridized carbons (Fsp3) is 0.115. The SMILES string of the molecule is C[C@@H](c1nc2cccc(C#N)c2nc1-c1ccccc1S(C)(=N)=O)N1C(=O)c2ccccc2C1=O. The van der Waals surface area contributed by atoms with Crippen molar-refractivity contribution in [3.05, 3.63) is 89.1 Å². The number of benzene rings is 3. The first kappa shape index (κ1) is 22.4. The molecule has 0 saturated carbocycles. The molecule has 0 spiro atoms. The smallest absolute Gasteiger partial charge is 0.262 e. The number of carbonyl (C=O) groups excluding carboxylic acids is 2. The van der Waals surface area contributed by atoms with Gasteiger partial charge in [-0.2, -0.15) is 5.26 Å². The first-order valence-corrected chi connectivity index (χ1v) is 12.7. The van der Waals surface area contributed by atoms with Crippen molar-refractivity contribution in [1.29, 1.82) is 10.0 Å². The largest absolute Gasteiger partial charge is 0.269 e. The maximum absolute atomic E-state index is 13.2. The van der Waals surface area contributed by atoms with E-state index in [1.165, 1.54) is 6.26 Å². The Bertz CT molecular complexity index is 1670. The molecular weight excluding hydrogens is 462 g/mol. The van der Waals surface area contributed by atoms with Crippen LogP contribution in [0.1, 0.15) is 44.9 Å². The Balaban J connectivity index is 1.79. The van der Waals surface area contributed by atoms with E-state index < -0.39 is 27.6 Å². The molecule has 0 fully saturated rings. The minimum absolute atomic E-state index is 0.249. The Hall–Kier alpha value is -4.42. The number of amides is 2. The lowest BCUT2D eigenvalue weighted by Crippen LogP contribution is -2.33. The van der Waals surface area contributed by atoms with Gasteiger partial charge in [-0.25, -0.2) is 19.0 Å². The predicted molar refractivity (Wildman–Crippen MR) is 130 cm³/mol. The van der Waals surface area contributed by atoms with Crippen LogP contribution in [0.4, 0.5) is 0 Å². The van der Waals surface area contributed by atoms with Gasteiger partial charge in [-0.05, 0) is 37.3 Å². The standard InChI is InChI=1S/C26H19N5O3S/c1-15(31-25(32)17-9-3-4-10-18(17)26(31)33)22-24(19-11-5-6-13-21(19)35(2,28)34)30-23-16(14-27)8-7-12-20(23)29-22/h3-13,15,28H,1-2H3/t15-,35?/m0/s1. The molecule has 8 nitrogen and oxygen atoms in total. The first-order chi connectivity index (χ1) is 16.7. The molecule has 1 aliphatic rings. The zero-order valence-electron chi connectivity index (χ0n) is 18.9. The minimum Gasteiger partial charge on any atom is -0.269 e. The molecule has 0 saturated heterocycles. The van der Waals surface area contributed by atoms with Crippen LogP contribution in [0.2, 0.25) is 0 Å². The van der Waals surface area contributed by atoms with Crippen LogP contribution in [0, 0.1) is 16.1 Å². The van der Waals surface area contributed by atoms with E-state index >= 15 is 0 Å². The summed E-state index contributed by atoms with van der Waals surface area (Å²) in [7, 11) is -3.16. The summed E-state index contributed by atoms with van der Waals surface area (Å²) in [4.78, 5) is 37.3. The molecule has 1 aromatic heterocycles. The first-order valence-electron chi connectivity index (χ1n) is 10.7. The molecule has 9 heteroatoms. The van der Waals surface area contributed by atoms with Gasteiger partial charge in [0.25, 0.3) is 11.8 Å². The molecule has 2 amide bonds. The van der Waals surface area contributed by atoms with Crippen LogP contribution < -0.4 is 0 Å². The summed E-state index contributed by atoms with van der Waals surface area (Å²) in [6, 6.07) is 19.6. The van der Waals surface area contributed by atoms with Crippen LogP contribution >= 0.6 is 0 Å². The fourth-order valence-electron chi connectivity index (χ4n) is 4.35. The summed E-state index contributed by atoms with van der Waals surface area (Å²) < 4.78 is 21.0. The van der Waals surface area contributed by atoms with Crippen molar-refractivity contribution in [1.82, 2.24) is 14.9 Å². The van der Waals surface area contributed by atoms with E-state index in [9.17, 15) is 19.1 Å². The third-order valence-corrected chi connectivity index (χ3v) is 7.21. The zero-order chi connectivity index (χ0) is 24.9. The number of carbonyl (C=O) groups is 2. The van der Waals surface area contributed by atoms with Gasteiger partial charge in [0.15, 0.2) is 0 Å². The van der Waals surface area contributed by atoms with Crippen molar-refractivity contribution >= 4 is 32.6 Å². The van der Waals surface area contributed by atoms with Gasteiger partial charge in [-0.15, -0.1) is 0 Å². The summed E-state index contributed by atoms with van der Waals surface area (Å²) in [5.74, 6) is -0.880. The van der Waals surface area contributed by atoms with Crippen LogP contribution in [0.5, 0.6) is 0 Å². The number of nitriles is 1. The highest BCUT2D eigenvalue weighted by molar-refractivity contribution is 7.91. The van der Waals surface area contributed by atoms with E-state index in [2.05, 4.69) is 6.07 Å². The van der Waals surface area contributed by atoms with E-state index in [4.69, 9.17) is 14.7 Å². The monoisotopic (exact) mass is 481 g/mol. The fourth-order valence-corrected chi connectivity index (χ4v) is 5.28. The molecule has 35 heavy (non-hydrogen) atoms. The second-order valence-corrected chi connectivity index (χ2v) is 10.4. The maximum atomic E-state index is 13.2. The summed E-state index contributed by atoms with van der Waals surface area (Å²) in [5.41, 5.74) is 2.66. The lowest BCUT2D eigenvalue weighted by atomic mass is 10.0. The molecular formula is C26H19N5O3S. The van der Waals surface area contributed by atoms with Gasteiger partial charge in [0, 0.05) is 11.8 Å². The Morgan fingerprint density at radius 3 is 2.11 bits per heavy atom. The molecule has 1 unspecified atom stereocenters. The van der Waals surface area contributed by atoms with E-state index in [1.807, 2.05) is 0 Å². The molecule has 3 aromatic carbocycles. The van der Waals surface area contributed by atoms with E-state index in [0.717, 1.165) is 4.90 Å². The second-order valence-electron chi connectivity index (χ2n) is 8.28. The number of imide groups is 1. The molecule has 1 N–H and O–H groups in total. The van der Waals surface area contributed by atoms with Crippen LogP contribution in [-0.2, 0) is 9.73 Å². The summed E-state index contributed by atoms with van der Waals surface area (Å²) in [6.07, 6.45) is 1.31. The van der Waals surface area contributed by atoms with Crippen molar-refractivity contribution in [2.24, 2.45) is 0 Å². The highest BCUT2D eigenvalue weighted by atomic mass is 32.2. The van der Waals surface area contributed by atoms with Crippen LogP contribution in [0.15, 0.2) is 71.6 Å². The topological polar surface area (TPSA) is 128 Å². The van der Waals surface area contributed by atoms with E-state index in [-0.39, 0.29) is 10.6 Å². The maximum Gasteiger partial charge on any atom is 0.262 e. The summed E-state index contributed by atoms with van der Waals surface area (Å²) in [5, 5.41) is 9.61. The third kappa shape index (κ3) is 3.55. The molecule has 0 radical (unpaired) electrons. The molecule has 2 heterocycles. The molecule has 0 aliphatic carbocycles. The highest BCUT2D eigenvalue weighted by Crippen LogP contribution is 2.37. The number of para-hydroxylation sites is 1. The molecule has 2 atom stereocenters. The second kappa shape index (κ2) is 8.11. The van der Waals surface area contributed by atoms with E-state index in [1.54, 1.807) is 73.7 Å². The molecule has 1 aliphatic heterocycles. The van der Waals surface area contributed by atoms with Crippen LogP contribution in [0.25, 0.3) is 22.3 Å². The zero-order valence-corrected chi connectivity index (χ0v) is 19.7. The third-order valence-electron chi connectivity index (χ3n) is 6.01. The van der Waals surface area contributed by atoms with Gasteiger partial charge < -0.3 is 0 Å². The van der Waals surface area contributed by atoms with Crippen molar-refractivity contribution < 1.29 is 13.8 Å². The highest BCUT2D eigenvalue weighted by Gasteiger charge is 2.40. The molecule has 172 valence electrons. The van der Waals surface area contributed by atoms with Gasteiger partial charge in [0.1, 0.15) is 11.6 Å².